The molecule has 4 nitrogen and oxygen atoms in total. The van der Waals surface area contributed by atoms with Crippen molar-refractivity contribution in [3.05, 3.63) is 28.5 Å². The number of hydrogen-bond donors (Lipinski definition) is 1. The monoisotopic (exact) mass is 355 g/mol. The maximum atomic E-state index is 12.1. The van der Waals surface area contributed by atoms with Gasteiger partial charge in [0.1, 0.15) is 5.69 Å². The van der Waals surface area contributed by atoms with Crippen LogP contribution in [0.15, 0.2) is 22.8 Å². The molecule has 0 radical (unpaired) electrons. The van der Waals surface area contributed by atoms with Gasteiger partial charge in [-0.05, 0) is 35.0 Å². The minimum absolute atomic E-state index is 0. The molecule has 0 aliphatic carbocycles. The van der Waals surface area contributed by atoms with E-state index in [1.54, 1.807) is 12.3 Å². The predicted octanol–water partition coefficient (Wildman–Crippen LogP) is 2.12. The minimum atomic E-state index is 0. The highest BCUT2D eigenvalue weighted by molar-refractivity contribution is 9.10. The third-order valence-electron chi connectivity index (χ3n) is 2.60. The van der Waals surface area contributed by atoms with Crippen LogP contribution in [0.1, 0.15) is 17.4 Å². The molecule has 102 valence electrons. The zero-order valence-electron chi connectivity index (χ0n) is 9.93. The summed E-state index contributed by atoms with van der Waals surface area (Å²) in [4.78, 5) is 18.0. The number of carbonyl (C=O) groups is 1. The SMILES string of the molecule is C[C@@H]1CN(C(=O)c2ccc(Br)cn2)CCN1.Cl.Cl. The van der Waals surface area contributed by atoms with Crippen molar-refractivity contribution in [2.75, 3.05) is 19.6 Å². The van der Waals surface area contributed by atoms with E-state index in [0.717, 1.165) is 24.1 Å². The number of nitrogens with one attached hydrogen (secondary N) is 1. The zero-order chi connectivity index (χ0) is 11.5. The Labute approximate surface area is 127 Å². The number of halogens is 3. The third kappa shape index (κ3) is 4.39. The lowest BCUT2D eigenvalue weighted by atomic mass is 10.2. The van der Waals surface area contributed by atoms with Crippen LogP contribution in [0.4, 0.5) is 0 Å². The molecule has 2 rings (SSSR count). The van der Waals surface area contributed by atoms with Gasteiger partial charge in [-0.2, -0.15) is 0 Å². The topological polar surface area (TPSA) is 45.2 Å². The van der Waals surface area contributed by atoms with E-state index in [1.165, 1.54) is 0 Å². The molecule has 0 unspecified atom stereocenters. The Morgan fingerprint density at radius 2 is 2.22 bits per heavy atom. The number of amides is 1. The van der Waals surface area contributed by atoms with Crippen molar-refractivity contribution >= 4 is 46.7 Å². The van der Waals surface area contributed by atoms with Gasteiger partial charge in [0.25, 0.3) is 5.91 Å². The summed E-state index contributed by atoms with van der Waals surface area (Å²) in [5.41, 5.74) is 0.511. The molecule has 1 saturated heterocycles. The molecule has 1 aliphatic rings. The summed E-state index contributed by atoms with van der Waals surface area (Å²) >= 11 is 3.30. The molecular weight excluding hydrogens is 341 g/mol. The second-order valence-electron chi connectivity index (χ2n) is 3.97. The van der Waals surface area contributed by atoms with Gasteiger partial charge in [-0.3, -0.25) is 4.79 Å². The average Bonchev–Trinajstić information content (AvgIpc) is 2.29. The zero-order valence-corrected chi connectivity index (χ0v) is 13.1. The molecule has 0 spiro atoms. The number of aromatic nitrogens is 1. The first kappa shape index (κ1) is 17.6. The van der Waals surface area contributed by atoms with E-state index in [-0.39, 0.29) is 30.7 Å². The van der Waals surface area contributed by atoms with Crippen molar-refractivity contribution in [2.45, 2.75) is 13.0 Å². The Bertz CT molecular complexity index is 388. The maximum Gasteiger partial charge on any atom is 0.272 e. The van der Waals surface area contributed by atoms with Gasteiger partial charge in [-0.25, -0.2) is 4.98 Å². The summed E-state index contributed by atoms with van der Waals surface area (Å²) in [6, 6.07) is 3.94. The fourth-order valence-corrected chi connectivity index (χ4v) is 2.02. The molecule has 1 aromatic rings. The van der Waals surface area contributed by atoms with E-state index in [0.29, 0.717) is 11.7 Å². The lowest BCUT2D eigenvalue weighted by Gasteiger charge is -2.31. The Morgan fingerprint density at radius 1 is 1.50 bits per heavy atom. The van der Waals surface area contributed by atoms with Crippen LogP contribution in [0.2, 0.25) is 0 Å². The number of pyridine rings is 1. The van der Waals surface area contributed by atoms with Gasteiger partial charge in [0.2, 0.25) is 0 Å². The summed E-state index contributed by atoms with van der Waals surface area (Å²) in [6.45, 7) is 4.43. The molecule has 1 aromatic heterocycles. The number of nitrogens with zero attached hydrogens (tertiary/aromatic N) is 2. The first-order valence-electron chi connectivity index (χ1n) is 5.31. The summed E-state index contributed by atoms with van der Waals surface area (Å²) in [6.07, 6.45) is 1.65. The van der Waals surface area contributed by atoms with Gasteiger partial charge in [-0.1, -0.05) is 0 Å². The molecule has 1 aliphatic heterocycles. The van der Waals surface area contributed by atoms with Crippen molar-refractivity contribution in [3.63, 3.8) is 0 Å². The molecule has 18 heavy (non-hydrogen) atoms. The van der Waals surface area contributed by atoms with E-state index in [2.05, 4.69) is 33.2 Å². The van der Waals surface area contributed by atoms with E-state index in [1.807, 2.05) is 11.0 Å². The van der Waals surface area contributed by atoms with Crippen LogP contribution in [0.3, 0.4) is 0 Å². The number of hydrogen-bond acceptors (Lipinski definition) is 3. The quantitative estimate of drug-likeness (QED) is 0.838. The van der Waals surface area contributed by atoms with Gasteiger partial charge in [0.15, 0.2) is 0 Å². The van der Waals surface area contributed by atoms with Crippen LogP contribution in [0.25, 0.3) is 0 Å². The van der Waals surface area contributed by atoms with Crippen LogP contribution in [-0.4, -0.2) is 41.5 Å². The first-order valence-corrected chi connectivity index (χ1v) is 6.10. The number of rotatable bonds is 1. The van der Waals surface area contributed by atoms with E-state index in [9.17, 15) is 4.79 Å². The molecular formula is C11H16BrCl2N3O. The standard InChI is InChI=1S/C11H14BrN3O.2ClH/c1-8-7-15(5-4-13-8)11(16)10-3-2-9(12)6-14-10;;/h2-3,6,8,13H,4-5,7H2,1H3;2*1H/t8-;;/m1../s1. The van der Waals surface area contributed by atoms with Crippen LogP contribution in [0, 0.1) is 0 Å². The van der Waals surface area contributed by atoms with Crippen molar-refractivity contribution in [1.29, 1.82) is 0 Å². The van der Waals surface area contributed by atoms with E-state index >= 15 is 0 Å². The van der Waals surface area contributed by atoms with Gasteiger partial charge in [-0.15, -0.1) is 24.8 Å². The molecule has 0 aromatic carbocycles. The summed E-state index contributed by atoms with van der Waals surface area (Å²) in [5.74, 6) is 0.0147. The molecule has 0 bridgehead atoms. The lowest BCUT2D eigenvalue weighted by Crippen LogP contribution is -2.51. The van der Waals surface area contributed by atoms with E-state index < -0.39 is 0 Å². The van der Waals surface area contributed by atoms with Gasteiger partial charge >= 0.3 is 0 Å². The molecule has 1 amide bonds. The van der Waals surface area contributed by atoms with Crippen LogP contribution in [0.5, 0.6) is 0 Å². The predicted molar refractivity (Wildman–Crippen MR) is 79.8 cm³/mol. The van der Waals surface area contributed by atoms with Crippen LogP contribution < -0.4 is 5.32 Å². The summed E-state index contributed by atoms with van der Waals surface area (Å²) in [5, 5.41) is 3.31. The van der Waals surface area contributed by atoms with Crippen LogP contribution >= 0.6 is 40.7 Å². The highest BCUT2D eigenvalue weighted by Crippen LogP contribution is 2.10. The second-order valence-corrected chi connectivity index (χ2v) is 4.88. The van der Waals surface area contributed by atoms with E-state index in [4.69, 9.17) is 0 Å². The molecule has 7 heteroatoms. The smallest absolute Gasteiger partial charge is 0.272 e. The summed E-state index contributed by atoms with van der Waals surface area (Å²) < 4.78 is 0.887. The van der Waals surface area contributed by atoms with Crippen molar-refractivity contribution in [1.82, 2.24) is 15.2 Å². The largest absolute Gasteiger partial charge is 0.334 e. The average molecular weight is 357 g/mol. The first-order chi connectivity index (χ1) is 7.66. The normalized spacial score (nSPS) is 18.6. The van der Waals surface area contributed by atoms with Crippen molar-refractivity contribution in [2.24, 2.45) is 0 Å². The van der Waals surface area contributed by atoms with Crippen molar-refractivity contribution in [3.8, 4) is 0 Å². The molecule has 1 atom stereocenters. The highest BCUT2D eigenvalue weighted by atomic mass is 79.9. The Hall–Kier alpha value is -0.360. The Balaban J connectivity index is 0.00000144. The van der Waals surface area contributed by atoms with Gasteiger partial charge in [0, 0.05) is 36.3 Å². The number of carbonyl (C=O) groups excluding carboxylic acids is 1. The molecule has 2 heterocycles. The Kier molecular flexibility index (Phi) is 7.78. The van der Waals surface area contributed by atoms with Gasteiger partial charge in [0.05, 0.1) is 0 Å². The maximum absolute atomic E-state index is 12.1. The summed E-state index contributed by atoms with van der Waals surface area (Å²) in [7, 11) is 0. The fourth-order valence-electron chi connectivity index (χ4n) is 1.78. The molecule has 1 N–H and O–H groups in total. The Morgan fingerprint density at radius 3 is 2.78 bits per heavy atom. The van der Waals surface area contributed by atoms with Gasteiger partial charge < -0.3 is 10.2 Å². The fraction of sp³-hybridized carbons (Fsp3) is 0.455. The highest BCUT2D eigenvalue weighted by Gasteiger charge is 2.22. The number of piperazine rings is 1. The van der Waals surface area contributed by atoms with Crippen LogP contribution in [-0.2, 0) is 0 Å². The molecule has 0 saturated carbocycles. The minimum Gasteiger partial charge on any atom is -0.334 e. The van der Waals surface area contributed by atoms with Crippen molar-refractivity contribution < 1.29 is 4.79 Å². The second kappa shape index (κ2) is 7.94. The molecule has 1 fully saturated rings. The lowest BCUT2D eigenvalue weighted by molar-refractivity contribution is 0.0703. The third-order valence-corrected chi connectivity index (χ3v) is 3.07.